The highest BCUT2D eigenvalue weighted by Crippen LogP contribution is 2.33. The minimum Gasteiger partial charge on any atom is -0.392 e. The van der Waals surface area contributed by atoms with Crippen LogP contribution in [0.25, 0.3) is 6.08 Å². The first-order valence-electron chi connectivity index (χ1n) is 7.88. The molecule has 2 N–H and O–H groups in total. The first-order valence-corrected chi connectivity index (χ1v) is 7.88. The van der Waals surface area contributed by atoms with Crippen LogP contribution in [0.5, 0.6) is 0 Å². The van der Waals surface area contributed by atoms with Gasteiger partial charge in [-0.25, -0.2) is 0 Å². The van der Waals surface area contributed by atoms with Gasteiger partial charge in [-0.2, -0.15) is 0 Å². The second-order valence-corrected chi connectivity index (χ2v) is 5.92. The summed E-state index contributed by atoms with van der Waals surface area (Å²) in [5.41, 5.74) is 2.51. The van der Waals surface area contributed by atoms with E-state index in [0.29, 0.717) is 0 Å². The Hall–Kier alpha value is -1.12. The average Bonchev–Trinajstić information content (AvgIpc) is 2.90. The Kier molecular flexibility index (Phi) is 5.81. The highest BCUT2D eigenvalue weighted by molar-refractivity contribution is 5.62. The van der Waals surface area contributed by atoms with E-state index in [1.165, 1.54) is 24.0 Å². The zero-order valence-electron chi connectivity index (χ0n) is 12.7. The molecular weight excluding hydrogens is 246 g/mol. The third-order valence-electron chi connectivity index (χ3n) is 4.38. The van der Waals surface area contributed by atoms with Gasteiger partial charge in [-0.15, -0.1) is 0 Å². The van der Waals surface area contributed by atoms with Crippen molar-refractivity contribution in [1.82, 2.24) is 5.32 Å². The summed E-state index contributed by atoms with van der Waals surface area (Å²) in [7, 11) is 0. The van der Waals surface area contributed by atoms with Crippen LogP contribution in [0.3, 0.4) is 0 Å². The van der Waals surface area contributed by atoms with Gasteiger partial charge in [-0.05, 0) is 43.0 Å². The van der Waals surface area contributed by atoms with E-state index in [4.69, 9.17) is 0 Å². The van der Waals surface area contributed by atoms with E-state index in [1.807, 2.05) is 6.07 Å². The van der Waals surface area contributed by atoms with Crippen LogP contribution in [0.2, 0.25) is 0 Å². The Morgan fingerprint density at radius 3 is 2.75 bits per heavy atom. The molecule has 0 spiro atoms. The normalized spacial score (nSPS) is 19.9. The van der Waals surface area contributed by atoms with Crippen molar-refractivity contribution in [3.63, 3.8) is 0 Å². The Labute approximate surface area is 122 Å². The number of benzene rings is 1. The Morgan fingerprint density at radius 1 is 1.20 bits per heavy atom. The number of aliphatic hydroxyl groups excluding tert-OH is 1. The van der Waals surface area contributed by atoms with E-state index in [9.17, 15) is 5.11 Å². The Morgan fingerprint density at radius 2 is 1.95 bits per heavy atom. The van der Waals surface area contributed by atoms with Crippen LogP contribution in [0.4, 0.5) is 0 Å². The van der Waals surface area contributed by atoms with Gasteiger partial charge >= 0.3 is 0 Å². The summed E-state index contributed by atoms with van der Waals surface area (Å²) in [5, 5.41) is 13.8. The fourth-order valence-corrected chi connectivity index (χ4v) is 2.72. The van der Waals surface area contributed by atoms with E-state index in [-0.39, 0.29) is 12.0 Å². The van der Waals surface area contributed by atoms with Crippen molar-refractivity contribution in [2.45, 2.75) is 45.1 Å². The molecule has 0 saturated carbocycles. The highest BCUT2D eigenvalue weighted by atomic mass is 16.3. The van der Waals surface area contributed by atoms with Gasteiger partial charge in [0.25, 0.3) is 0 Å². The van der Waals surface area contributed by atoms with E-state index in [0.717, 1.165) is 25.4 Å². The molecule has 1 aliphatic carbocycles. The van der Waals surface area contributed by atoms with Crippen molar-refractivity contribution in [3.8, 4) is 0 Å². The van der Waals surface area contributed by atoms with Crippen LogP contribution in [0.1, 0.15) is 50.2 Å². The SMILES string of the molecule is CCC(C)CCNCCC(O)C1C=Cc2ccccc21. The van der Waals surface area contributed by atoms with Crippen LogP contribution in [0, 0.1) is 5.92 Å². The van der Waals surface area contributed by atoms with Crippen LogP contribution in [0.15, 0.2) is 30.3 Å². The smallest absolute Gasteiger partial charge is 0.0655 e. The molecule has 0 fully saturated rings. The van der Waals surface area contributed by atoms with Gasteiger partial charge in [-0.1, -0.05) is 56.7 Å². The van der Waals surface area contributed by atoms with Gasteiger partial charge in [-0.3, -0.25) is 0 Å². The molecule has 0 heterocycles. The molecule has 3 unspecified atom stereocenters. The maximum atomic E-state index is 10.4. The molecule has 0 aliphatic heterocycles. The minimum atomic E-state index is -0.286. The zero-order chi connectivity index (χ0) is 14.4. The number of nitrogens with one attached hydrogen (secondary N) is 1. The summed E-state index contributed by atoms with van der Waals surface area (Å²) >= 11 is 0. The number of hydrogen-bond donors (Lipinski definition) is 2. The average molecular weight is 273 g/mol. The summed E-state index contributed by atoms with van der Waals surface area (Å²) < 4.78 is 0. The summed E-state index contributed by atoms with van der Waals surface area (Å²) in [6, 6.07) is 8.34. The van der Waals surface area contributed by atoms with Crippen molar-refractivity contribution < 1.29 is 5.11 Å². The molecule has 20 heavy (non-hydrogen) atoms. The molecule has 2 nitrogen and oxygen atoms in total. The number of hydrogen-bond acceptors (Lipinski definition) is 2. The largest absolute Gasteiger partial charge is 0.392 e. The van der Waals surface area contributed by atoms with Crippen LogP contribution in [-0.2, 0) is 0 Å². The van der Waals surface area contributed by atoms with Crippen molar-refractivity contribution in [2.24, 2.45) is 5.92 Å². The van der Waals surface area contributed by atoms with Crippen LogP contribution in [-0.4, -0.2) is 24.3 Å². The lowest BCUT2D eigenvalue weighted by atomic mass is 9.93. The van der Waals surface area contributed by atoms with Gasteiger partial charge in [0.05, 0.1) is 6.10 Å². The first kappa shape index (κ1) is 15.3. The Balaban J connectivity index is 1.71. The molecule has 2 rings (SSSR count). The minimum absolute atomic E-state index is 0.169. The quantitative estimate of drug-likeness (QED) is 0.710. The number of fused-ring (bicyclic) bond motifs is 1. The maximum Gasteiger partial charge on any atom is 0.0655 e. The molecule has 0 saturated heterocycles. The number of rotatable bonds is 8. The molecular formula is C18H27NO. The highest BCUT2D eigenvalue weighted by Gasteiger charge is 2.23. The molecule has 1 aromatic carbocycles. The summed E-state index contributed by atoms with van der Waals surface area (Å²) in [6.45, 7) is 6.47. The maximum absolute atomic E-state index is 10.4. The monoisotopic (exact) mass is 273 g/mol. The zero-order valence-corrected chi connectivity index (χ0v) is 12.7. The molecule has 1 aliphatic rings. The van der Waals surface area contributed by atoms with E-state index in [2.05, 4.69) is 49.5 Å². The fourth-order valence-electron chi connectivity index (χ4n) is 2.72. The molecule has 1 aromatic rings. The third-order valence-corrected chi connectivity index (χ3v) is 4.38. The molecule has 0 aromatic heterocycles. The van der Waals surface area contributed by atoms with Gasteiger partial charge in [0.1, 0.15) is 0 Å². The predicted octanol–water partition coefficient (Wildman–Crippen LogP) is 3.57. The van der Waals surface area contributed by atoms with Crippen molar-refractivity contribution in [3.05, 3.63) is 41.5 Å². The van der Waals surface area contributed by atoms with Crippen molar-refractivity contribution in [2.75, 3.05) is 13.1 Å². The summed E-state index contributed by atoms with van der Waals surface area (Å²) in [6.07, 6.45) is 7.25. The summed E-state index contributed by atoms with van der Waals surface area (Å²) in [5.74, 6) is 0.958. The Bertz CT molecular complexity index is 441. The lowest BCUT2D eigenvalue weighted by Gasteiger charge is -2.19. The molecule has 0 amide bonds. The summed E-state index contributed by atoms with van der Waals surface area (Å²) in [4.78, 5) is 0. The predicted molar refractivity (Wildman–Crippen MR) is 85.8 cm³/mol. The van der Waals surface area contributed by atoms with E-state index in [1.54, 1.807) is 0 Å². The first-order chi connectivity index (χ1) is 9.72. The lowest BCUT2D eigenvalue weighted by Crippen LogP contribution is -2.25. The lowest BCUT2D eigenvalue weighted by molar-refractivity contribution is 0.149. The second kappa shape index (κ2) is 7.61. The van der Waals surface area contributed by atoms with Gasteiger partial charge < -0.3 is 10.4 Å². The molecule has 0 bridgehead atoms. The van der Waals surface area contributed by atoms with Gasteiger partial charge in [0, 0.05) is 5.92 Å². The fraction of sp³-hybridized carbons (Fsp3) is 0.556. The molecule has 3 atom stereocenters. The third kappa shape index (κ3) is 3.94. The van der Waals surface area contributed by atoms with Crippen LogP contribution >= 0.6 is 0 Å². The molecule has 2 heteroatoms. The molecule has 0 radical (unpaired) electrons. The van der Waals surface area contributed by atoms with Crippen molar-refractivity contribution >= 4 is 6.08 Å². The van der Waals surface area contributed by atoms with Crippen LogP contribution < -0.4 is 5.32 Å². The van der Waals surface area contributed by atoms with Gasteiger partial charge in [0.2, 0.25) is 0 Å². The van der Waals surface area contributed by atoms with Gasteiger partial charge in [0.15, 0.2) is 0 Å². The van der Waals surface area contributed by atoms with E-state index >= 15 is 0 Å². The standard InChI is InChI=1S/C18H27NO/c1-3-14(2)10-12-19-13-11-18(20)17-9-8-15-6-4-5-7-16(15)17/h4-9,14,17-20H,3,10-13H2,1-2H3. The second-order valence-electron chi connectivity index (χ2n) is 5.92. The topological polar surface area (TPSA) is 32.3 Å². The molecule has 110 valence electrons. The van der Waals surface area contributed by atoms with E-state index < -0.39 is 0 Å². The number of aliphatic hydroxyl groups is 1. The van der Waals surface area contributed by atoms with Crippen molar-refractivity contribution in [1.29, 1.82) is 0 Å².